The molecule has 0 aromatic heterocycles. The van der Waals surface area contributed by atoms with Crippen LogP contribution in [0.25, 0.3) is 0 Å². The predicted molar refractivity (Wildman–Crippen MR) is 38.9 cm³/mol. The van der Waals surface area contributed by atoms with E-state index < -0.39 is 10.0 Å². The van der Waals surface area contributed by atoms with E-state index in [9.17, 15) is 8.42 Å². The second-order valence-electron chi connectivity index (χ2n) is 2.46. The zero-order chi connectivity index (χ0) is 7.12. The van der Waals surface area contributed by atoms with Crippen LogP contribution in [0.2, 0.25) is 0 Å². The Hall–Kier alpha value is 0.390. The first-order valence-electron chi connectivity index (χ1n) is 2.61. The summed E-state index contributed by atoms with van der Waals surface area (Å²) in [6.45, 7) is 0. The molecule has 0 atom stereocenters. The number of alkyl halides is 1. The van der Waals surface area contributed by atoms with E-state index in [1.807, 2.05) is 0 Å². The lowest BCUT2D eigenvalue weighted by atomic mass is 10.5. The maximum atomic E-state index is 10.4. The third-order valence-corrected chi connectivity index (χ3v) is 3.65. The minimum atomic E-state index is -3.27. The van der Waals surface area contributed by atoms with Gasteiger partial charge in [0.15, 0.2) is 0 Å². The summed E-state index contributed by atoms with van der Waals surface area (Å²) in [4.78, 5) is 0. The van der Waals surface area contributed by atoms with E-state index in [0.717, 1.165) is 12.8 Å². The van der Waals surface area contributed by atoms with Gasteiger partial charge in [0.2, 0.25) is 10.0 Å². The molecule has 0 heterocycles. The fourth-order valence-corrected chi connectivity index (χ4v) is 2.81. The SMILES string of the molecule is NS(=O)(=O)CC1(Br)CC1. The Balaban J connectivity index is 2.53. The van der Waals surface area contributed by atoms with Crippen LogP contribution in [0.4, 0.5) is 0 Å². The molecule has 1 aliphatic rings. The summed E-state index contributed by atoms with van der Waals surface area (Å²) < 4.78 is 20.7. The van der Waals surface area contributed by atoms with Gasteiger partial charge in [-0.3, -0.25) is 0 Å². The summed E-state index contributed by atoms with van der Waals surface area (Å²) in [5.74, 6) is 0.0694. The van der Waals surface area contributed by atoms with Gasteiger partial charge in [-0.2, -0.15) is 0 Å². The van der Waals surface area contributed by atoms with Crippen LogP contribution in [0.5, 0.6) is 0 Å². The van der Waals surface area contributed by atoms with Gasteiger partial charge in [-0.05, 0) is 12.8 Å². The molecular weight excluding hydrogens is 206 g/mol. The Kier molecular flexibility index (Phi) is 1.61. The number of rotatable bonds is 2. The molecule has 5 heteroatoms. The van der Waals surface area contributed by atoms with Gasteiger partial charge in [-0.1, -0.05) is 15.9 Å². The van der Waals surface area contributed by atoms with Gasteiger partial charge in [0.05, 0.1) is 5.75 Å². The van der Waals surface area contributed by atoms with Crippen molar-refractivity contribution in [1.29, 1.82) is 0 Å². The van der Waals surface area contributed by atoms with E-state index in [-0.39, 0.29) is 10.1 Å². The molecular formula is C4H8BrNO2S. The van der Waals surface area contributed by atoms with Crippen LogP contribution < -0.4 is 5.14 Å². The van der Waals surface area contributed by atoms with E-state index >= 15 is 0 Å². The molecule has 0 saturated heterocycles. The number of nitrogens with two attached hydrogens (primary N) is 1. The highest BCUT2D eigenvalue weighted by Gasteiger charge is 2.42. The molecule has 0 unspecified atom stereocenters. The Morgan fingerprint density at radius 1 is 1.56 bits per heavy atom. The summed E-state index contributed by atoms with van der Waals surface area (Å²) in [6.07, 6.45) is 1.84. The van der Waals surface area contributed by atoms with Crippen molar-refractivity contribution in [2.75, 3.05) is 5.75 Å². The summed E-state index contributed by atoms with van der Waals surface area (Å²) in [6, 6.07) is 0. The molecule has 1 fully saturated rings. The first kappa shape index (κ1) is 7.50. The highest BCUT2D eigenvalue weighted by atomic mass is 79.9. The Morgan fingerprint density at radius 3 is 2.11 bits per heavy atom. The Labute approximate surface area is 62.8 Å². The molecule has 0 bridgehead atoms. The van der Waals surface area contributed by atoms with Gasteiger partial charge in [0.25, 0.3) is 0 Å². The fraction of sp³-hybridized carbons (Fsp3) is 1.00. The third kappa shape index (κ3) is 2.64. The van der Waals surface area contributed by atoms with Gasteiger partial charge in [0, 0.05) is 4.32 Å². The quantitative estimate of drug-likeness (QED) is 0.667. The molecule has 0 radical (unpaired) electrons. The molecule has 0 spiro atoms. The normalized spacial score (nSPS) is 23.8. The maximum absolute atomic E-state index is 10.4. The highest BCUT2D eigenvalue weighted by molar-refractivity contribution is 9.10. The monoisotopic (exact) mass is 213 g/mol. The van der Waals surface area contributed by atoms with Gasteiger partial charge in [0.1, 0.15) is 0 Å². The average Bonchev–Trinajstić information content (AvgIpc) is 2.12. The third-order valence-electron chi connectivity index (χ3n) is 1.25. The molecule has 0 aromatic rings. The molecule has 0 aromatic carbocycles. The van der Waals surface area contributed by atoms with E-state index in [1.165, 1.54) is 0 Å². The zero-order valence-electron chi connectivity index (χ0n) is 4.80. The van der Waals surface area contributed by atoms with Crippen molar-refractivity contribution in [1.82, 2.24) is 0 Å². The standard InChI is InChI=1S/C4H8BrNO2S/c5-4(1-2-4)3-9(6,7)8/h1-3H2,(H2,6,7,8). The minimum Gasteiger partial charge on any atom is -0.229 e. The average molecular weight is 214 g/mol. The van der Waals surface area contributed by atoms with Crippen LogP contribution in [0, 0.1) is 0 Å². The van der Waals surface area contributed by atoms with E-state index in [0.29, 0.717) is 0 Å². The molecule has 54 valence electrons. The van der Waals surface area contributed by atoms with Gasteiger partial charge >= 0.3 is 0 Å². The second kappa shape index (κ2) is 1.93. The van der Waals surface area contributed by atoms with Crippen molar-refractivity contribution in [3.8, 4) is 0 Å². The van der Waals surface area contributed by atoms with Crippen LogP contribution in [0.1, 0.15) is 12.8 Å². The van der Waals surface area contributed by atoms with Crippen LogP contribution >= 0.6 is 15.9 Å². The Bertz CT molecular complexity index is 207. The number of hydrogen-bond acceptors (Lipinski definition) is 2. The summed E-state index contributed by atoms with van der Waals surface area (Å²) in [5.41, 5.74) is 0. The first-order chi connectivity index (χ1) is 3.91. The minimum absolute atomic E-state index is 0.0694. The number of sulfonamides is 1. The lowest BCUT2D eigenvalue weighted by Gasteiger charge is -2.00. The maximum Gasteiger partial charge on any atom is 0.210 e. The fourth-order valence-electron chi connectivity index (χ4n) is 0.641. The second-order valence-corrected chi connectivity index (χ2v) is 5.75. The van der Waals surface area contributed by atoms with Crippen LogP contribution in [-0.2, 0) is 10.0 Å². The van der Waals surface area contributed by atoms with Gasteiger partial charge in [-0.15, -0.1) is 0 Å². The van der Waals surface area contributed by atoms with Crippen LogP contribution in [-0.4, -0.2) is 18.5 Å². The summed E-state index contributed by atoms with van der Waals surface area (Å²) >= 11 is 3.27. The van der Waals surface area contributed by atoms with Crippen molar-refractivity contribution >= 4 is 26.0 Å². The smallest absolute Gasteiger partial charge is 0.210 e. The molecule has 1 rings (SSSR count). The molecule has 2 N–H and O–H groups in total. The van der Waals surface area contributed by atoms with Gasteiger partial charge < -0.3 is 0 Å². The van der Waals surface area contributed by atoms with E-state index in [2.05, 4.69) is 15.9 Å². The number of halogens is 1. The Morgan fingerprint density at radius 2 is 2.00 bits per heavy atom. The largest absolute Gasteiger partial charge is 0.229 e. The molecule has 3 nitrogen and oxygen atoms in total. The predicted octanol–water partition coefficient (Wildman–Crippen LogP) is 0.202. The van der Waals surface area contributed by atoms with Crippen molar-refractivity contribution in [2.24, 2.45) is 5.14 Å². The highest BCUT2D eigenvalue weighted by Crippen LogP contribution is 2.44. The summed E-state index contributed by atoms with van der Waals surface area (Å²) in [7, 11) is -3.27. The molecule has 9 heavy (non-hydrogen) atoms. The van der Waals surface area contributed by atoms with Gasteiger partial charge in [-0.25, -0.2) is 13.6 Å². The van der Waals surface area contributed by atoms with Crippen LogP contribution in [0.3, 0.4) is 0 Å². The number of hydrogen-bond donors (Lipinski definition) is 1. The first-order valence-corrected chi connectivity index (χ1v) is 5.12. The van der Waals surface area contributed by atoms with E-state index in [4.69, 9.17) is 5.14 Å². The molecule has 0 aliphatic heterocycles. The zero-order valence-corrected chi connectivity index (χ0v) is 7.20. The van der Waals surface area contributed by atoms with Crippen molar-refractivity contribution in [3.05, 3.63) is 0 Å². The lowest BCUT2D eigenvalue weighted by molar-refractivity contribution is 0.596. The topological polar surface area (TPSA) is 60.2 Å². The molecule has 1 aliphatic carbocycles. The molecule has 0 amide bonds. The number of primary sulfonamides is 1. The summed E-state index contributed by atoms with van der Waals surface area (Å²) in [5, 5.41) is 4.80. The molecule has 1 saturated carbocycles. The van der Waals surface area contributed by atoms with Crippen LogP contribution in [0.15, 0.2) is 0 Å². The van der Waals surface area contributed by atoms with Crippen molar-refractivity contribution in [2.45, 2.75) is 17.2 Å². The van der Waals surface area contributed by atoms with Crippen molar-refractivity contribution < 1.29 is 8.42 Å². The van der Waals surface area contributed by atoms with Crippen molar-refractivity contribution in [3.63, 3.8) is 0 Å². The van der Waals surface area contributed by atoms with E-state index in [1.54, 1.807) is 0 Å². The lowest BCUT2D eigenvalue weighted by Crippen LogP contribution is -2.23.